The van der Waals surface area contributed by atoms with Crippen LogP contribution in [0.25, 0.3) is 0 Å². The fourth-order valence-electron chi connectivity index (χ4n) is 0.856. The minimum Gasteiger partial charge on any atom is -0.166 e. The van der Waals surface area contributed by atoms with Crippen LogP contribution in [0.3, 0.4) is 0 Å². The summed E-state index contributed by atoms with van der Waals surface area (Å²) in [6, 6.07) is 4.29. The number of aryl methyl sites for hydroxylation is 1. The van der Waals surface area contributed by atoms with Gasteiger partial charge in [0.15, 0.2) is 0 Å². The molecule has 66 valence electrons. The predicted molar refractivity (Wildman–Crippen MR) is 48.9 cm³/mol. The molecular formula is C8H6F3I. The predicted octanol–water partition coefficient (Wildman–Crippen LogP) is 3.62. The zero-order chi connectivity index (χ0) is 9.35. The maximum Gasteiger partial charge on any atom is 0.417 e. The number of rotatable bonds is 0. The van der Waals surface area contributed by atoms with E-state index in [1.807, 2.05) is 0 Å². The summed E-state index contributed by atoms with van der Waals surface area (Å²) in [5, 5.41) is 0. The van der Waals surface area contributed by atoms with Crippen LogP contribution < -0.4 is 0 Å². The van der Waals surface area contributed by atoms with E-state index < -0.39 is 11.7 Å². The van der Waals surface area contributed by atoms with Gasteiger partial charge in [0.25, 0.3) is 0 Å². The lowest BCUT2D eigenvalue weighted by Gasteiger charge is -2.09. The monoisotopic (exact) mass is 286 g/mol. The van der Waals surface area contributed by atoms with Gasteiger partial charge in [0.2, 0.25) is 0 Å². The summed E-state index contributed by atoms with van der Waals surface area (Å²) in [6.07, 6.45) is -4.23. The molecule has 0 heterocycles. The van der Waals surface area contributed by atoms with Crippen LogP contribution in [0.2, 0.25) is 0 Å². The summed E-state index contributed by atoms with van der Waals surface area (Å²) < 4.78 is 36.9. The minimum atomic E-state index is -4.23. The molecule has 0 bridgehead atoms. The second-order valence-corrected chi connectivity index (χ2v) is 3.64. The number of hydrogen-bond donors (Lipinski definition) is 0. The average Bonchev–Trinajstić information content (AvgIpc) is 1.92. The second kappa shape index (κ2) is 3.24. The SMILES string of the molecule is Cc1ccc(I)c(C(F)(F)F)c1. The van der Waals surface area contributed by atoms with Crippen molar-refractivity contribution in [2.45, 2.75) is 13.1 Å². The maximum absolute atomic E-state index is 12.2. The molecule has 0 N–H and O–H groups in total. The standard InChI is InChI=1S/C8H6F3I/c1-5-2-3-7(12)6(4-5)8(9,10)11/h2-4H,1H3. The average molecular weight is 286 g/mol. The Kier molecular flexibility index (Phi) is 2.65. The smallest absolute Gasteiger partial charge is 0.166 e. The fraction of sp³-hybridized carbons (Fsp3) is 0.250. The van der Waals surface area contributed by atoms with Gasteiger partial charge in [0.1, 0.15) is 0 Å². The summed E-state index contributed by atoms with van der Waals surface area (Å²) in [6.45, 7) is 1.64. The first-order valence-corrected chi connectivity index (χ1v) is 4.32. The first-order valence-electron chi connectivity index (χ1n) is 3.24. The van der Waals surface area contributed by atoms with Crippen molar-refractivity contribution < 1.29 is 13.2 Å². The second-order valence-electron chi connectivity index (χ2n) is 2.48. The van der Waals surface area contributed by atoms with Crippen molar-refractivity contribution >= 4 is 22.6 Å². The topological polar surface area (TPSA) is 0 Å². The van der Waals surface area contributed by atoms with E-state index in [1.165, 1.54) is 6.07 Å². The number of hydrogen-bond acceptors (Lipinski definition) is 0. The van der Waals surface area contributed by atoms with Gasteiger partial charge in [-0.2, -0.15) is 13.2 Å². The van der Waals surface area contributed by atoms with Crippen LogP contribution in [-0.2, 0) is 6.18 Å². The Balaban J connectivity index is 3.23. The summed E-state index contributed by atoms with van der Waals surface area (Å²) >= 11 is 1.68. The molecular weight excluding hydrogens is 280 g/mol. The molecule has 0 saturated carbocycles. The molecule has 0 aliphatic heterocycles. The van der Waals surface area contributed by atoms with E-state index in [1.54, 1.807) is 35.6 Å². The number of alkyl halides is 3. The molecule has 0 atom stereocenters. The van der Waals surface area contributed by atoms with Gasteiger partial charge in [-0.3, -0.25) is 0 Å². The summed E-state index contributed by atoms with van der Waals surface area (Å²) in [5.74, 6) is 0. The quantitative estimate of drug-likeness (QED) is 0.639. The van der Waals surface area contributed by atoms with Gasteiger partial charge >= 0.3 is 6.18 Å². The van der Waals surface area contributed by atoms with Crippen LogP contribution in [0.15, 0.2) is 18.2 Å². The first-order chi connectivity index (χ1) is 5.41. The van der Waals surface area contributed by atoms with E-state index in [9.17, 15) is 13.2 Å². The summed E-state index contributed by atoms with van der Waals surface area (Å²) in [5.41, 5.74) is 0.0749. The van der Waals surface area contributed by atoms with E-state index in [0.29, 0.717) is 5.56 Å². The third kappa shape index (κ3) is 2.12. The molecule has 0 unspecified atom stereocenters. The lowest BCUT2D eigenvalue weighted by molar-refractivity contribution is -0.138. The molecule has 12 heavy (non-hydrogen) atoms. The number of halogens is 4. The summed E-state index contributed by atoms with van der Waals surface area (Å²) in [7, 11) is 0. The molecule has 0 fully saturated rings. The maximum atomic E-state index is 12.2. The third-order valence-electron chi connectivity index (χ3n) is 1.43. The van der Waals surface area contributed by atoms with Gasteiger partial charge in [-0.25, -0.2) is 0 Å². The summed E-state index contributed by atoms with van der Waals surface area (Å²) in [4.78, 5) is 0. The fourth-order valence-corrected chi connectivity index (χ4v) is 1.50. The number of benzene rings is 1. The van der Waals surface area contributed by atoms with Crippen LogP contribution in [0.1, 0.15) is 11.1 Å². The van der Waals surface area contributed by atoms with E-state index in [4.69, 9.17) is 0 Å². The van der Waals surface area contributed by atoms with Crippen LogP contribution in [0, 0.1) is 10.5 Å². The molecule has 0 nitrogen and oxygen atoms in total. The van der Waals surface area contributed by atoms with Gasteiger partial charge in [0.05, 0.1) is 5.56 Å². The molecule has 1 aromatic carbocycles. The Morgan fingerprint density at radius 1 is 1.25 bits per heavy atom. The van der Waals surface area contributed by atoms with Crippen molar-refractivity contribution in [2.24, 2.45) is 0 Å². The van der Waals surface area contributed by atoms with Gasteiger partial charge in [-0.1, -0.05) is 11.6 Å². The molecule has 0 spiro atoms. The molecule has 0 radical (unpaired) electrons. The van der Waals surface area contributed by atoms with E-state index in [-0.39, 0.29) is 3.57 Å². The van der Waals surface area contributed by atoms with Crippen LogP contribution in [0.5, 0.6) is 0 Å². The molecule has 4 heteroatoms. The van der Waals surface area contributed by atoms with Crippen LogP contribution >= 0.6 is 22.6 Å². The van der Waals surface area contributed by atoms with Crippen molar-refractivity contribution in [2.75, 3.05) is 0 Å². The highest BCUT2D eigenvalue weighted by molar-refractivity contribution is 14.1. The van der Waals surface area contributed by atoms with E-state index >= 15 is 0 Å². The Morgan fingerprint density at radius 2 is 1.83 bits per heavy atom. The lowest BCUT2D eigenvalue weighted by Crippen LogP contribution is -2.07. The lowest BCUT2D eigenvalue weighted by atomic mass is 10.1. The zero-order valence-corrected chi connectivity index (χ0v) is 8.40. The highest BCUT2D eigenvalue weighted by Gasteiger charge is 2.32. The molecule has 0 aliphatic rings. The molecule has 0 saturated heterocycles. The van der Waals surface area contributed by atoms with Gasteiger partial charge in [0, 0.05) is 3.57 Å². The van der Waals surface area contributed by atoms with Gasteiger partial charge in [-0.05, 0) is 41.6 Å². The normalized spacial score (nSPS) is 11.8. The third-order valence-corrected chi connectivity index (χ3v) is 2.37. The highest BCUT2D eigenvalue weighted by Crippen LogP contribution is 2.33. The van der Waals surface area contributed by atoms with Crippen molar-refractivity contribution in [1.82, 2.24) is 0 Å². The highest BCUT2D eigenvalue weighted by atomic mass is 127. The van der Waals surface area contributed by atoms with Crippen molar-refractivity contribution in [3.8, 4) is 0 Å². The van der Waals surface area contributed by atoms with Crippen molar-refractivity contribution in [3.63, 3.8) is 0 Å². The van der Waals surface area contributed by atoms with E-state index in [2.05, 4.69) is 0 Å². The molecule has 1 aromatic rings. The Labute approximate surface area is 81.9 Å². The van der Waals surface area contributed by atoms with Crippen LogP contribution in [0.4, 0.5) is 13.2 Å². The molecule has 0 aliphatic carbocycles. The first kappa shape index (κ1) is 9.83. The molecule has 1 rings (SSSR count). The van der Waals surface area contributed by atoms with Gasteiger partial charge < -0.3 is 0 Å². The minimum absolute atomic E-state index is 0.241. The Bertz CT molecular complexity index is 291. The van der Waals surface area contributed by atoms with Crippen molar-refractivity contribution in [1.29, 1.82) is 0 Å². The Hall–Kier alpha value is -0.260. The van der Waals surface area contributed by atoms with Gasteiger partial charge in [-0.15, -0.1) is 0 Å². The van der Waals surface area contributed by atoms with Crippen LogP contribution in [-0.4, -0.2) is 0 Å². The molecule has 0 aromatic heterocycles. The largest absolute Gasteiger partial charge is 0.417 e. The molecule has 0 amide bonds. The zero-order valence-electron chi connectivity index (χ0n) is 6.24. The Morgan fingerprint density at radius 3 is 2.25 bits per heavy atom. The van der Waals surface area contributed by atoms with E-state index in [0.717, 1.165) is 6.07 Å². The van der Waals surface area contributed by atoms with Crippen molar-refractivity contribution in [3.05, 3.63) is 32.9 Å².